The normalized spacial score (nSPS) is 10.3. The molecule has 0 aliphatic carbocycles. The van der Waals surface area contributed by atoms with E-state index < -0.39 is 5.97 Å². The van der Waals surface area contributed by atoms with Crippen LogP contribution in [0.2, 0.25) is 0 Å². The average molecular weight is 189 g/mol. The first kappa shape index (κ1) is 8.43. The van der Waals surface area contributed by atoms with E-state index in [1.165, 1.54) is 10.7 Å². The Labute approximate surface area is 79.3 Å². The van der Waals surface area contributed by atoms with E-state index >= 15 is 0 Å². The Morgan fingerprint density at radius 1 is 1.57 bits per heavy atom. The van der Waals surface area contributed by atoms with E-state index in [1.54, 1.807) is 18.5 Å². The third-order valence-electron chi connectivity index (χ3n) is 1.85. The van der Waals surface area contributed by atoms with Crippen LogP contribution in [-0.2, 0) is 4.79 Å². The number of carboxylic acid groups (broad SMARTS) is 1. The van der Waals surface area contributed by atoms with E-state index in [9.17, 15) is 4.79 Å². The van der Waals surface area contributed by atoms with Gasteiger partial charge in [0.2, 0.25) is 0 Å². The largest absolute Gasteiger partial charge is 0.478 e. The summed E-state index contributed by atoms with van der Waals surface area (Å²) in [6.07, 6.45) is 4.64. The minimum Gasteiger partial charge on any atom is -0.478 e. The summed E-state index contributed by atoms with van der Waals surface area (Å²) in [5, 5.41) is 12.6. The SMILES string of the molecule is C=C(C(=O)O)c1cnc2ccnn2c1. The summed E-state index contributed by atoms with van der Waals surface area (Å²) in [6, 6.07) is 1.73. The zero-order valence-electron chi connectivity index (χ0n) is 7.21. The number of rotatable bonds is 2. The minimum absolute atomic E-state index is 0.00917. The number of fused-ring (bicyclic) bond motifs is 1. The molecular weight excluding hydrogens is 182 g/mol. The lowest BCUT2D eigenvalue weighted by atomic mass is 10.2. The van der Waals surface area contributed by atoms with Crippen LogP contribution in [0.15, 0.2) is 31.2 Å². The maximum absolute atomic E-state index is 10.6. The van der Waals surface area contributed by atoms with Gasteiger partial charge in [-0.3, -0.25) is 0 Å². The van der Waals surface area contributed by atoms with Gasteiger partial charge in [-0.15, -0.1) is 0 Å². The second-order valence-corrected chi connectivity index (χ2v) is 2.76. The highest BCUT2D eigenvalue weighted by molar-refractivity contribution is 6.14. The van der Waals surface area contributed by atoms with Crippen LogP contribution in [0.3, 0.4) is 0 Å². The molecule has 0 aliphatic rings. The molecule has 0 unspecified atom stereocenters. The highest BCUT2D eigenvalue weighted by Crippen LogP contribution is 2.11. The molecule has 70 valence electrons. The molecule has 2 rings (SSSR count). The fraction of sp³-hybridized carbons (Fsp3) is 0. The molecule has 2 aromatic heterocycles. The van der Waals surface area contributed by atoms with Crippen LogP contribution in [0.4, 0.5) is 0 Å². The van der Waals surface area contributed by atoms with Crippen molar-refractivity contribution in [3.05, 3.63) is 36.8 Å². The second kappa shape index (κ2) is 2.95. The lowest BCUT2D eigenvalue weighted by Crippen LogP contribution is -2.01. The van der Waals surface area contributed by atoms with E-state index in [-0.39, 0.29) is 5.57 Å². The Morgan fingerprint density at radius 3 is 3.07 bits per heavy atom. The summed E-state index contributed by atoms with van der Waals surface area (Å²) in [7, 11) is 0. The summed E-state index contributed by atoms with van der Waals surface area (Å²) >= 11 is 0. The van der Waals surface area contributed by atoms with Crippen molar-refractivity contribution >= 4 is 17.2 Å². The van der Waals surface area contributed by atoms with Gasteiger partial charge in [-0.25, -0.2) is 14.3 Å². The summed E-state index contributed by atoms with van der Waals surface area (Å²) in [5.74, 6) is -1.06. The quantitative estimate of drug-likeness (QED) is 0.710. The maximum atomic E-state index is 10.6. The molecule has 0 spiro atoms. The van der Waals surface area contributed by atoms with Crippen molar-refractivity contribution in [2.75, 3.05) is 0 Å². The van der Waals surface area contributed by atoms with Crippen molar-refractivity contribution in [2.24, 2.45) is 0 Å². The van der Waals surface area contributed by atoms with Gasteiger partial charge in [0, 0.05) is 24.0 Å². The van der Waals surface area contributed by atoms with E-state index in [0.717, 1.165) is 0 Å². The molecule has 0 saturated heterocycles. The smallest absolute Gasteiger partial charge is 0.335 e. The minimum atomic E-state index is -1.06. The van der Waals surface area contributed by atoms with Crippen LogP contribution in [0.5, 0.6) is 0 Å². The molecule has 5 nitrogen and oxygen atoms in total. The lowest BCUT2D eigenvalue weighted by molar-refractivity contribution is -0.130. The molecule has 2 heterocycles. The summed E-state index contributed by atoms with van der Waals surface area (Å²) < 4.78 is 1.50. The molecule has 5 heteroatoms. The Hall–Kier alpha value is -2.17. The number of carbonyl (C=O) groups is 1. The zero-order valence-corrected chi connectivity index (χ0v) is 7.21. The highest BCUT2D eigenvalue weighted by atomic mass is 16.4. The molecule has 0 saturated carbocycles. The van der Waals surface area contributed by atoms with Crippen LogP contribution in [0, 0.1) is 0 Å². The molecule has 0 fully saturated rings. The molecule has 2 aromatic rings. The predicted molar refractivity (Wildman–Crippen MR) is 49.7 cm³/mol. The fourth-order valence-electron chi connectivity index (χ4n) is 1.09. The van der Waals surface area contributed by atoms with Crippen molar-refractivity contribution < 1.29 is 9.90 Å². The van der Waals surface area contributed by atoms with Crippen LogP contribution in [-0.4, -0.2) is 25.7 Å². The summed E-state index contributed by atoms with van der Waals surface area (Å²) in [5.41, 5.74) is 1.13. The van der Waals surface area contributed by atoms with Gasteiger partial charge in [0.15, 0.2) is 5.65 Å². The molecule has 0 radical (unpaired) electrons. The van der Waals surface area contributed by atoms with Gasteiger partial charge >= 0.3 is 5.97 Å². The highest BCUT2D eigenvalue weighted by Gasteiger charge is 2.08. The van der Waals surface area contributed by atoms with Crippen LogP contribution in [0.25, 0.3) is 11.2 Å². The Morgan fingerprint density at radius 2 is 2.36 bits per heavy atom. The van der Waals surface area contributed by atoms with Crippen molar-refractivity contribution in [1.82, 2.24) is 14.6 Å². The van der Waals surface area contributed by atoms with E-state index in [1.807, 2.05) is 0 Å². The number of hydrogen-bond donors (Lipinski definition) is 1. The van der Waals surface area contributed by atoms with Crippen molar-refractivity contribution in [1.29, 1.82) is 0 Å². The van der Waals surface area contributed by atoms with Gasteiger partial charge in [0.05, 0.1) is 11.8 Å². The second-order valence-electron chi connectivity index (χ2n) is 2.76. The standard InChI is InChI=1S/C9H7N3O2/c1-6(9(13)14)7-4-10-8-2-3-11-12(8)5-7/h2-5H,1H2,(H,13,14). The molecule has 0 atom stereocenters. The van der Waals surface area contributed by atoms with Gasteiger partial charge in [-0.05, 0) is 0 Å². The van der Waals surface area contributed by atoms with E-state index in [2.05, 4.69) is 16.7 Å². The fourth-order valence-corrected chi connectivity index (χ4v) is 1.09. The third kappa shape index (κ3) is 1.24. The first-order valence-corrected chi connectivity index (χ1v) is 3.90. The molecule has 1 N–H and O–H groups in total. The molecule has 0 aromatic carbocycles. The molecule has 0 aliphatic heterocycles. The van der Waals surface area contributed by atoms with Crippen molar-refractivity contribution in [3.8, 4) is 0 Å². The summed E-state index contributed by atoms with van der Waals surface area (Å²) in [4.78, 5) is 14.6. The molecular formula is C9H7N3O2. The lowest BCUT2D eigenvalue weighted by Gasteiger charge is -1.99. The van der Waals surface area contributed by atoms with Crippen molar-refractivity contribution in [2.45, 2.75) is 0 Å². The van der Waals surface area contributed by atoms with E-state index in [4.69, 9.17) is 5.11 Å². The molecule has 14 heavy (non-hydrogen) atoms. The first-order chi connectivity index (χ1) is 6.68. The Bertz CT molecular complexity index is 516. The predicted octanol–water partition coefficient (Wildman–Crippen LogP) is 0.827. The topological polar surface area (TPSA) is 67.5 Å². The van der Waals surface area contributed by atoms with E-state index in [0.29, 0.717) is 11.2 Å². The van der Waals surface area contributed by atoms with Crippen LogP contribution < -0.4 is 0 Å². The van der Waals surface area contributed by atoms with Crippen molar-refractivity contribution in [3.63, 3.8) is 0 Å². The van der Waals surface area contributed by atoms with Gasteiger partial charge < -0.3 is 5.11 Å². The monoisotopic (exact) mass is 189 g/mol. The van der Waals surface area contributed by atoms with Gasteiger partial charge in [-0.1, -0.05) is 6.58 Å². The number of carboxylic acids is 1. The van der Waals surface area contributed by atoms with Gasteiger partial charge in [-0.2, -0.15) is 5.10 Å². The zero-order chi connectivity index (χ0) is 10.1. The third-order valence-corrected chi connectivity index (χ3v) is 1.85. The maximum Gasteiger partial charge on any atom is 0.335 e. The Balaban J connectivity index is 2.54. The average Bonchev–Trinajstić information content (AvgIpc) is 2.62. The van der Waals surface area contributed by atoms with Gasteiger partial charge in [0.25, 0.3) is 0 Å². The van der Waals surface area contributed by atoms with Crippen LogP contribution >= 0.6 is 0 Å². The van der Waals surface area contributed by atoms with Gasteiger partial charge in [0.1, 0.15) is 0 Å². The van der Waals surface area contributed by atoms with Crippen LogP contribution in [0.1, 0.15) is 5.56 Å². The summed E-state index contributed by atoms with van der Waals surface area (Å²) in [6.45, 7) is 3.43. The molecule has 0 bridgehead atoms. The number of aromatic nitrogens is 3. The molecule has 0 amide bonds. The number of hydrogen-bond acceptors (Lipinski definition) is 3. The number of aliphatic carboxylic acids is 1. The Kier molecular flexibility index (Phi) is 1.78. The number of nitrogens with zero attached hydrogens (tertiary/aromatic N) is 3. The first-order valence-electron chi connectivity index (χ1n) is 3.90.